The number of aliphatic carboxylic acids is 2. The Bertz CT molecular complexity index is 877. The molecular formula is C23H28N2O6. The fraction of sp³-hybridized carbons (Fsp3) is 0.348. The fourth-order valence-corrected chi connectivity index (χ4v) is 3.19. The van der Waals surface area contributed by atoms with Crippen LogP contribution in [-0.4, -0.2) is 71.1 Å². The second kappa shape index (κ2) is 11.7. The van der Waals surface area contributed by atoms with Gasteiger partial charge >= 0.3 is 11.9 Å². The zero-order valence-electron chi connectivity index (χ0n) is 17.8. The standard InChI is InChI=1S/C21H26N2O2.C2H2O4/c1-3-17-7-9-18(10-8-17)16-22-11-13-23(14-12-22)21(24)19-5-4-6-20(15-19)25-2;3-1(4)2(5)6/h4-10,15H,3,11-14,16H2,1-2H3;(H,3,4)(H,5,6). The van der Waals surface area contributed by atoms with Crippen LogP contribution in [0.1, 0.15) is 28.4 Å². The largest absolute Gasteiger partial charge is 0.497 e. The number of rotatable bonds is 5. The molecular weight excluding hydrogens is 400 g/mol. The molecule has 1 heterocycles. The van der Waals surface area contributed by atoms with Crippen LogP contribution >= 0.6 is 0 Å². The first-order chi connectivity index (χ1) is 14.8. The van der Waals surface area contributed by atoms with Crippen LogP contribution in [0.3, 0.4) is 0 Å². The van der Waals surface area contributed by atoms with Crippen LogP contribution in [0.2, 0.25) is 0 Å². The Kier molecular flexibility index (Phi) is 9.02. The van der Waals surface area contributed by atoms with Crippen LogP contribution in [0.25, 0.3) is 0 Å². The van der Waals surface area contributed by atoms with Crippen molar-refractivity contribution in [1.82, 2.24) is 9.80 Å². The van der Waals surface area contributed by atoms with Crippen molar-refractivity contribution in [2.45, 2.75) is 19.9 Å². The third-order valence-electron chi connectivity index (χ3n) is 5.00. The molecule has 1 saturated heterocycles. The molecule has 8 heteroatoms. The Balaban J connectivity index is 0.000000501. The van der Waals surface area contributed by atoms with Gasteiger partial charge in [-0.2, -0.15) is 0 Å². The van der Waals surface area contributed by atoms with Gasteiger partial charge in [0.2, 0.25) is 0 Å². The molecule has 0 bridgehead atoms. The lowest BCUT2D eigenvalue weighted by Crippen LogP contribution is -2.48. The molecule has 0 atom stereocenters. The topological polar surface area (TPSA) is 107 Å². The van der Waals surface area contributed by atoms with Crippen LogP contribution in [0.15, 0.2) is 48.5 Å². The normalized spacial score (nSPS) is 13.7. The van der Waals surface area contributed by atoms with Gasteiger partial charge in [-0.15, -0.1) is 0 Å². The lowest BCUT2D eigenvalue weighted by Gasteiger charge is -2.34. The maximum Gasteiger partial charge on any atom is 0.414 e. The molecule has 1 amide bonds. The molecule has 0 aliphatic carbocycles. The highest BCUT2D eigenvalue weighted by Gasteiger charge is 2.22. The number of benzene rings is 2. The molecule has 0 saturated carbocycles. The molecule has 0 spiro atoms. The van der Waals surface area contributed by atoms with E-state index in [2.05, 4.69) is 36.1 Å². The van der Waals surface area contributed by atoms with E-state index in [-0.39, 0.29) is 5.91 Å². The van der Waals surface area contributed by atoms with Gasteiger partial charge in [0.1, 0.15) is 5.75 Å². The first-order valence-electron chi connectivity index (χ1n) is 10.0. The molecule has 3 rings (SSSR count). The van der Waals surface area contributed by atoms with Crippen molar-refractivity contribution in [2.75, 3.05) is 33.3 Å². The van der Waals surface area contributed by atoms with Crippen molar-refractivity contribution >= 4 is 17.8 Å². The summed E-state index contributed by atoms with van der Waals surface area (Å²) in [6.07, 6.45) is 1.07. The Morgan fingerprint density at radius 1 is 0.903 bits per heavy atom. The molecule has 1 fully saturated rings. The fourth-order valence-electron chi connectivity index (χ4n) is 3.19. The van der Waals surface area contributed by atoms with Crippen molar-refractivity contribution in [1.29, 1.82) is 0 Å². The molecule has 166 valence electrons. The molecule has 8 nitrogen and oxygen atoms in total. The van der Waals surface area contributed by atoms with E-state index in [0.29, 0.717) is 5.56 Å². The average Bonchev–Trinajstić information content (AvgIpc) is 2.80. The second-order valence-electron chi connectivity index (χ2n) is 7.08. The minimum atomic E-state index is -1.82. The number of ether oxygens (including phenoxy) is 1. The first kappa shape index (κ1) is 23.9. The van der Waals surface area contributed by atoms with E-state index in [1.54, 1.807) is 7.11 Å². The Labute approximate surface area is 181 Å². The highest BCUT2D eigenvalue weighted by molar-refractivity contribution is 6.27. The Hall–Kier alpha value is -3.39. The first-order valence-corrected chi connectivity index (χ1v) is 10.0. The highest BCUT2D eigenvalue weighted by atomic mass is 16.5. The molecule has 31 heavy (non-hydrogen) atoms. The van der Waals surface area contributed by atoms with Gasteiger partial charge in [0, 0.05) is 38.3 Å². The summed E-state index contributed by atoms with van der Waals surface area (Å²) in [5.41, 5.74) is 3.41. The molecule has 2 aromatic carbocycles. The van der Waals surface area contributed by atoms with Gasteiger partial charge in [-0.1, -0.05) is 37.3 Å². The zero-order chi connectivity index (χ0) is 22.8. The van der Waals surface area contributed by atoms with Crippen molar-refractivity contribution in [2.24, 2.45) is 0 Å². The van der Waals surface area contributed by atoms with Crippen LogP contribution in [0.5, 0.6) is 5.75 Å². The van der Waals surface area contributed by atoms with Gasteiger partial charge in [-0.05, 0) is 35.7 Å². The predicted molar refractivity (Wildman–Crippen MR) is 115 cm³/mol. The van der Waals surface area contributed by atoms with E-state index < -0.39 is 11.9 Å². The van der Waals surface area contributed by atoms with Crippen molar-refractivity contribution in [3.05, 3.63) is 65.2 Å². The second-order valence-corrected chi connectivity index (χ2v) is 7.08. The van der Waals surface area contributed by atoms with Crippen LogP contribution in [0.4, 0.5) is 0 Å². The lowest BCUT2D eigenvalue weighted by molar-refractivity contribution is -0.159. The van der Waals surface area contributed by atoms with E-state index in [4.69, 9.17) is 24.5 Å². The Morgan fingerprint density at radius 3 is 2.00 bits per heavy atom. The van der Waals surface area contributed by atoms with Gasteiger partial charge in [0.05, 0.1) is 7.11 Å². The number of methoxy groups -OCH3 is 1. The summed E-state index contributed by atoms with van der Waals surface area (Å²) in [6, 6.07) is 16.2. The summed E-state index contributed by atoms with van der Waals surface area (Å²) in [5.74, 6) is -2.84. The zero-order valence-corrected chi connectivity index (χ0v) is 17.8. The number of nitrogens with zero attached hydrogens (tertiary/aromatic N) is 2. The molecule has 1 aliphatic rings. The monoisotopic (exact) mass is 428 g/mol. The van der Waals surface area contributed by atoms with Gasteiger partial charge in [-0.3, -0.25) is 9.69 Å². The molecule has 0 aromatic heterocycles. The number of aryl methyl sites for hydroxylation is 1. The molecule has 1 aliphatic heterocycles. The number of carboxylic acids is 2. The van der Waals surface area contributed by atoms with Crippen molar-refractivity contribution < 1.29 is 29.3 Å². The van der Waals surface area contributed by atoms with Gasteiger partial charge in [0.25, 0.3) is 5.91 Å². The number of piperazine rings is 1. The summed E-state index contributed by atoms with van der Waals surface area (Å²) < 4.78 is 5.21. The predicted octanol–water partition coefficient (Wildman–Crippen LogP) is 2.37. The van der Waals surface area contributed by atoms with E-state index >= 15 is 0 Å². The smallest absolute Gasteiger partial charge is 0.414 e. The number of hydrogen-bond donors (Lipinski definition) is 2. The number of carboxylic acid groups (broad SMARTS) is 2. The minimum absolute atomic E-state index is 0.0887. The molecule has 0 radical (unpaired) electrons. The van der Waals surface area contributed by atoms with Gasteiger partial charge in [0.15, 0.2) is 0 Å². The van der Waals surface area contributed by atoms with E-state index in [0.717, 1.165) is 44.9 Å². The van der Waals surface area contributed by atoms with Crippen molar-refractivity contribution in [3.63, 3.8) is 0 Å². The maximum absolute atomic E-state index is 12.7. The molecule has 2 N–H and O–H groups in total. The van der Waals surface area contributed by atoms with E-state index in [1.165, 1.54) is 11.1 Å². The van der Waals surface area contributed by atoms with E-state index in [1.807, 2.05) is 29.2 Å². The number of amides is 1. The quantitative estimate of drug-likeness (QED) is 0.704. The van der Waals surface area contributed by atoms with Gasteiger partial charge < -0.3 is 19.8 Å². The Morgan fingerprint density at radius 2 is 1.48 bits per heavy atom. The van der Waals surface area contributed by atoms with E-state index in [9.17, 15) is 4.79 Å². The van der Waals surface area contributed by atoms with Crippen LogP contribution in [-0.2, 0) is 22.6 Å². The third kappa shape index (κ3) is 7.42. The number of hydrogen-bond acceptors (Lipinski definition) is 5. The average molecular weight is 428 g/mol. The lowest BCUT2D eigenvalue weighted by atomic mass is 10.1. The van der Waals surface area contributed by atoms with Crippen LogP contribution in [0, 0.1) is 0 Å². The summed E-state index contributed by atoms with van der Waals surface area (Å²) >= 11 is 0. The van der Waals surface area contributed by atoms with Gasteiger partial charge in [-0.25, -0.2) is 9.59 Å². The van der Waals surface area contributed by atoms with Crippen molar-refractivity contribution in [3.8, 4) is 5.75 Å². The highest BCUT2D eigenvalue weighted by Crippen LogP contribution is 2.16. The number of carbonyl (C=O) groups excluding carboxylic acids is 1. The SMILES string of the molecule is CCc1ccc(CN2CCN(C(=O)c3cccc(OC)c3)CC2)cc1.O=C(O)C(=O)O. The summed E-state index contributed by atoms with van der Waals surface area (Å²) in [4.78, 5) is 35.2. The summed E-state index contributed by atoms with van der Waals surface area (Å²) in [7, 11) is 1.62. The molecule has 2 aromatic rings. The van der Waals surface area contributed by atoms with Crippen LogP contribution < -0.4 is 4.74 Å². The summed E-state index contributed by atoms with van der Waals surface area (Å²) in [6.45, 7) is 6.47. The summed E-state index contributed by atoms with van der Waals surface area (Å²) in [5, 5.41) is 14.8. The minimum Gasteiger partial charge on any atom is -0.497 e. The third-order valence-corrected chi connectivity index (χ3v) is 5.00. The number of carbonyl (C=O) groups is 3. The maximum atomic E-state index is 12.7. The molecule has 0 unspecified atom stereocenters.